The molecule has 1 aromatic rings. The summed E-state index contributed by atoms with van der Waals surface area (Å²) in [4.78, 5) is 4.67. The molecule has 1 aliphatic rings. The highest BCUT2D eigenvalue weighted by Gasteiger charge is 2.17. The molecule has 1 atom stereocenters. The smallest absolute Gasteiger partial charge is 0.192 e. The monoisotopic (exact) mass is 308 g/mol. The zero-order chi connectivity index (χ0) is 15.9. The lowest BCUT2D eigenvalue weighted by atomic mass is 10.2. The van der Waals surface area contributed by atoms with Gasteiger partial charge in [-0.25, -0.2) is 4.99 Å². The molecule has 0 spiro atoms. The van der Waals surface area contributed by atoms with Crippen molar-refractivity contribution < 1.29 is 4.74 Å². The summed E-state index contributed by atoms with van der Waals surface area (Å²) in [5, 5.41) is 15.2. The Morgan fingerprint density at radius 2 is 2.14 bits per heavy atom. The maximum Gasteiger partial charge on any atom is 0.192 e. The van der Waals surface area contributed by atoms with Crippen LogP contribution in [-0.2, 0) is 18.3 Å². The molecule has 1 saturated carbocycles. The number of nitrogens with zero attached hydrogens (tertiary/aromatic N) is 4. The number of nitrogens with one attached hydrogen (secondary N) is 2. The largest absolute Gasteiger partial charge is 0.383 e. The molecule has 0 aromatic carbocycles. The predicted octanol–water partition coefficient (Wildman–Crippen LogP) is 1.14. The van der Waals surface area contributed by atoms with E-state index in [-0.39, 0.29) is 6.04 Å². The van der Waals surface area contributed by atoms with E-state index >= 15 is 0 Å². The van der Waals surface area contributed by atoms with Crippen LogP contribution in [0.4, 0.5) is 0 Å². The summed E-state index contributed by atoms with van der Waals surface area (Å²) in [5.41, 5.74) is 0. The molecule has 0 radical (unpaired) electrons. The fraction of sp³-hybridized carbons (Fsp3) is 0.800. The van der Waals surface area contributed by atoms with Crippen LogP contribution in [0.3, 0.4) is 0 Å². The van der Waals surface area contributed by atoms with Gasteiger partial charge in [-0.1, -0.05) is 12.8 Å². The van der Waals surface area contributed by atoms with Crippen LogP contribution in [0.1, 0.15) is 44.3 Å². The highest BCUT2D eigenvalue weighted by Crippen LogP contribution is 2.17. The Balaban J connectivity index is 2.01. The van der Waals surface area contributed by atoms with Crippen molar-refractivity contribution in [2.75, 3.05) is 13.7 Å². The number of methoxy groups -OCH3 is 1. The molecule has 1 fully saturated rings. The standard InChI is InChI=1S/C15H28N6O/c1-11(10-22-4)17-15(18-13-7-5-6-8-13)16-9-14-20-19-12(2)21(14)3/h11,13H,5-10H2,1-4H3,(H2,16,17,18). The van der Waals surface area contributed by atoms with E-state index in [0.29, 0.717) is 19.2 Å². The van der Waals surface area contributed by atoms with E-state index in [4.69, 9.17) is 4.74 Å². The van der Waals surface area contributed by atoms with Crippen molar-refractivity contribution in [3.8, 4) is 0 Å². The Labute approximate surface area is 132 Å². The Morgan fingerprint density at radius 3 is 2.73 bits per heavy atom. The molecule has 1 aromatic heterocycles. The van der Waals surface area contributed by atoms with Gasteiger partial charge in [0.1, 0.15) is 12.4 Å². The summed E-state index contributed by atoms with van der Waals surface area (Å²) in [6, 6.07) is 0.723. The van der Waals surface area contributed by atoms with E-state index in [9.17, 15) is 0 Å². The maximum absolute atomic E-state index is 5.19. The molecule has 7 heteroatoms. The van der Waals surface area contributed by atoms with Gasteiger partial charge in [0.25, 0.3) is 0 Å². The third-order valence-corrected chi connectivity index (χ3v) is 4.06. The minimum absolute atomic E-state index is 0.207. The van der Waals surface area contributed by atoms with E-state index in [1.165, 1.54) is 25.7 Å². The average molecular weight is 308 g/mol. The van der Waals surface area contributed by atoms with Crippen LogP contribution in [0.5, 0.6) is 0 Å². The molecule has 22 heavy (non-hydrogen) atoms. The molecular formula is C15H28N6O. The minimum atomic E-state index is 0.207. The van der Waals surface area contributed by atoms with Gasteiger partial charge in [-0.05, 0) is 26.7 Å². The quantitative estimate of drug-likeness (QED) is 0.609. The van der Waals surface area contributed by atoms with Crippen LogP contribution >= 0.6 is 0 Å². The third-order valence-electron chi connectivity index (χ3n) is 4.06. The molecule has 0 bridgehead atoms. The molecule has 1 aliphatic carbocycles. The fourth-order valence-electron chi connectivity index (χ4n) is 2.66. The summed E-state index contributed by atoms with van der Waals surface area (Å²) in [5.74, 6) is 2.60. The molecule has 0 aliphatic heterocycles. The topological polar surface area (TPSA) is 76.4 Å². The van der Waals surface area contributed by atoms with Crippen molar-refractivity contribution in [1.82, 2.24) is 25.4 Å². The second-order valence-corrected chi connectivity index (χ2v) is 6.01. The Morgan fingerprint density at radius 1 is 1.41 bits per heavy atom. The Kier molecular flexibility index (Phi) is 6.18. The van der Waals surface area contributed by atoms with Crippen LogP contribution < -0.4 is 10.6 Å². The number of ether oxygens (including phenoxy) is 1. The van der Waals surface area contributed by atoms with Gasteiger partial charge in [0, 0.05) is 26.2 Å². The Hall–Kier alpha value is -1.63. The van der Waals surface area contributed by atoms with E-state index in [2.05, 4.69) is 32.7 Å². The van der Waals surface area contributed by atoms with Crippen molar-refractivity contribution in [2.24, 2.45) is 12.0 Å². The second kappa shape index (κ2) is 8.12. The van der Waals surface area contributed by atoms with Crippen LogP contribution in [0.25, 0.3) is 0 Å². The summed E-state index contributed by atoms with van der Waals surface area (Å²) < 4.78 is 7.16. The molecule has 124 valence electrons. The third kappa shape index (κ3) is 4.69. The fourth-order valence-corrected chi connectivity index (χ4v) is 2.66. The predicted molar refractivity (Wildman–Crippen MR) is 86.7 cm³/mol. The van der Waals surface area contributed by atoms with Crippen molar-refractivity contribution in [2.45, 2.75) is 58.2 Å². The number of aliphatic imine (C=N–C) groups is 1. The lowest BCUT2D eigenvalue weighted by molar-refractivity contribution is 0.179. The zero-order valence-corrected chi connectivity index (χ0v) is 14.1. The molecule has 2 rings (SSSR count). The number of aryl methyl sites for hydroxylation is 1. The highest BCUT2D eigenvalue weighted by molar-refractivity contribution is 5.80. The van der Waals surface area contributed by atoms with Crippen molar-refractivity contribution in [3.05, 3.63) is 11.6 Å². The summed E-state index contributed by atoms with van der Waals surface area (Å²) >= 11 is 0. The first kappa shape index (κ1) is 16.7. The second-order valence-electron chi connectivity index (χ2n) is 6.01. The molecule has 0 amide bonds. The van der Waals surface area contributed by atoms with Crippen LogP contribution in [0.15, 0.2) is 4.99 Å². The Bertz CT molecular complexity index is 492. The summed E-state index contributed by atoms with van der Waals surface area (Å²) in [6.07, 6.45) is 5.01. The van der Waals surface area contributed by atoms with E-state index < -0.39 is 0 Å². The number of rotatable bonds is 6. The molecule has 1 heterocycles. The molecule has 0 saturated heterocycles. The van der Waals surface area contributed by atoms with Crippen molar-refractivity contribution in [1.29, 1.82) is 0 Å². The molecule has 7 nitrogen and oxygen atoms in total. The SMILES string of the molecule is COCC(C)NC(=NCc1nnc(C)n1C)NC1CCCC1. The lowest BCUT2D eigenvalue weighted by Gasteiger charge is -2.21. The number of aromatic nitrogens is 3. The zero-order valence-electron chi connectivity index (χ0n) is 14.1. The van der Waals surface area contributed by atoms with Crippen LogP contribution in [-0.4, -0.2) is 46.5 Å². The van der Waals surface area contributed by atoms with E-state index in [1.807, 2.05) is 18.5 Å². The van der Waals surface area contributed by atoms with Gasteiger partial charge in [0.05, 0.1) is 6.61 Å². The van der Waals surface area contributed by atoms with Crippen molar-refractivity contribution >= 4 is 5.96 Å². The summed E-state index contributed by atoms with van der Waals surface area (Å²) in [7, 11) is 3.67. The summed E-state index contributed by atoms with van der Waals surface area (Å²) in [6.45, 7) is 5.19. The van der Waals surface area contributed by atoms with Gasteiger partial charge in [-0.15, -0.1) is 10.2 Å². The van der Waals surface area contributed by atoms with Gasteiger partial charge in [-0.2, -0.15) is 0 Å². The number of hydrogen-bond acceptors (Lipinski definition) is 4. The maximum atomic E-state index is 5.19. The molecular weight excluding hydrogens is 280 g/mol. The van der Waals surface area contributed by atoms with Crippen molar-refractivity contribution in [3.63, 3.8) is 0 Å². The van der Waals surface area contributed by atoms with Crippen LogP contribution in [0, 0.1) is 6.92 Å². The average Bonchev–Trinajstić information content (AvgIpc) is 3.09. The first-order valence-electron chi connectivity index (χ1n) is 8.01. The van der Waals surface area contributed by atoms with E-state index in [0.717, 1.165) is 17.6 Å². The first-order valence-corrected chi connectivity index (χ1v) is 8.01. The normalized spacial score (nSPS) is 17.7. The highest BCUT2D eigenvalue weighted by atomic mass is 16.5. The molecule has 1 unspecified atom stereocenters. The number of guanidine groups is 1. The van der Waals surface area contributed by atoms with Gasteiger partial charge < -0.3 is 19.9 Å². The lowest BCUT2D eigenvalue weighted by Crippen LogP contribution is -2.47. The number of hydrogen-bond donors (Lipinski definition) is 2. The van der Waals surface area contributed by atoms with Gasteiger partial charge in [-0.3, -0.25) is 0 Å². The van der Waals surface area contributed by atoms with Gasteiger partial charge >= 0.3 is 0 Å². The minimum Gasteiger partial charge on any atom is -0.383 e. The molecule has 2 N–H and O–H groups in total. The first-order chi connectivity index (χ1) is 10.6. The van der Waals surface area contributed by atoms with E-state index in [1.54, 1.807) is 7.11 Å². The van der Waals surface area contributed by atoms with Crippen LogP contribution in [0.2, 0.25) is 0 Å². The van der Waals surface area contributed by atoms with Gasteiger partial charge in [0.15, 0.2) is 11.8 Å². The van der Waals surface area contributed by atoms with Gasteiger partial charge in [0.2, 0.25) is 0 Å².